The third-order valence-electron chi connectivity index (χ3n) is 3.48. The van der Waals surface area contributed by atoms with E-state index in [1.807, 2.05) is 19.9 Å². The van der Waals surface area contributed by atoms with Crippen molar-refractivity contribution in [3.63, 3.8) is 0 Å². The Kier molecular flexibility index (Phi) is 3.88. The van der Waals surface area contributed by atoms with Crippen LogP contribution in [0.25, 0.3) is 5.65 Å². The van der Waals surface area contributed by atoms with Crippen molar-refractivity contribution in [2.45, 2.75) is 26.8 Å². The number of nitrogens with zero attached hydrogens (tertiary/aromatic N) is 4. The summed E-state index contributed by atoms with van der Waals surface area (Å²) in [6, 6.07) is 3.60. The number of rotatable bonds is 4. The quantitative estimate of drug-likeness (QED) is 0.734. The monoisotopic (exact) mass is 312 g/mol. The Morgan fingerprint density at radius 3 is 3.00 bits per heavy atom. The molecule has 3 rings (SSSR count). The van der Waals surface area contributed by atoms with Crippen LogP contribution in [-0.4, -0.2) is 30.5 Å². The molecule has 3 aromatic heterocycles. The van der Waals surface area contributed by atoms with Gasteiger partial charge in [-0.1, -0.05) is 13.0 Å². The smallest absolute Gasteiger partial charge is 0.270 e. The van der Waals surface area contributed by atoms with Crippen molar-refractivity contribution in [2.75, 3.05) is 0 Å². The fourth-order valence-corrected chi connectivity index (χ4v) is 2.23. The van der Waals surface area contributed by atoms with Gasteiger partial charge in [-0.05, 0) is 18.6 Å². The van der Waals surface area contributed by atoms with Gasteiger partial charge in [0.15, 0.2) is 5.82 Å². The van der Waals surface area contributed by atoms with Crippen LogP contribution in [0.3, 0.4) is 0 Å². The summed E-state index contributed by atoms with van der Waals surface area (Å²) in [6.07, 6.45) is 3.61. The van der Waals surface area contributed by atoms with Crippen molar-refractivity contribution in [1.82, 2.24) is 29.9 Å². The number of nitrogens with one attached hydrogen (secondary N) is 2. The van der Waals surface area contributed by atoms with E-state index >= 15 is 0 Å². The van der Waals surface area contributed by atoms with E-state index < -0.39 is 11.5 Å². The van der Waals surface area contributed by atoms with Gasteiger partial charge in [0.25, 0.3) is 11.5 Å². The van der Waals surface area contributed by atoms with Gasteiger partial charge in [0.1, 0.15) is 17.0 Å². The standard InChI is InChI=1S/C15H16N6O2/c1-3-11-18-12(20-19-11)8-17-14(22)10-7-16-13-9(2)5-4-6-21(13)15(10)23/h4-7H,3,8H2,1-2H3,(H,17,22)(H,18,19,20). The molecule has 0 saturated heterocycles. The average molecular weight is 312 g/mol. The molecule has 0 aliphatic carbocycles. The molecule has 0 bridgehead atoms. The van der Waals surface area contributed by atoms with Gasteiger partial charge < -0.3 is 5.32 Å². The van der Waals surface area contributed by atoms with Crippen molar-refractivity contribution in [1.29, 1.82) is 0 Å². The number of aromatic amines is 1. The van der Waals surface area contributed by atoms with E-state index in [4.69, 9.17) is 0 Å². The van der Waals surface area contributed by atoms with Crippen LogP contribution in [0.5, 0.6) is 0 Å². The third kappa shape index (κ3) is 2.83. The van der Waals surface area contributed by atoms with Crippen molar-refractivity contribution < 1.29 is 4.79 Å². The number of hydrogen-bond acceptors (Lipinski definition) is 5. The number of aryl methyl sites for hydroxylation is 2. The summed E-state index contributed by atoms with van der Waals surface area (Å²) >= 11 is 0. The minimum Gasteiger partial charge on any atom is -0.345 e. The molecule has 118 valence electrons. The predicted molar refractivity (Wildman–Crippen MR) is 83.1 cm³/mol. The summed E-state index contributed by atoms with van der Waals surface area (Å²) < 4.78 is 1.37. The maximum absolute atomic E-state index is 12.4. The van der Waals surface area contributed by atoms with Crippen LogP contribution in [-0.2, 0) is 13.0 Å². The van der Waals surface area contributed by atoms with Gasteiger partial charge in [0.2, 0.25) is 0 Å². The highest BCUT2D eigenvalue weighted by Crippen LogP contribution is 2.04. The fraction of sp³-hybridized carbons (Fsp3) is 0.267. The Morgan fingerprint density at radius 1 is 1.43 bits per heavy atom. The molecule has 0 spiro atoms. The summed E-state index contributed by atoms with van der Waals surface area (Å²) in [5, 5.41) is 9.38. The zero-order valence-corrected chi connectivity index (χ0v) is 12.8. The molecule has 0 aliphatic heterocycles. The lowest BCUT2D eigenvalue weighted by Crippen LogP contribution is -2.31. The number of H-pyrrole nitrogens is 1. The average Bonchev–Trinajstić information content (AvgIpc) is 3.02. The number of hydrogen-bond donors (Lipinski definition) is 2. The van der Waals surface area contributed by atoms with Crippen LogP contribution in [0.4, 0.5) is 0 Å². The van der Waals surface area contributed by atoms with Gasteiger partial charge in [0.05, 0.1) is 6.54 Å². The number of amides is 1. The minimum atomic E-state index is -0.493. The molecule has 0 aromatic carbocycles. The number of aromatic nitrogens is 5. The molecule has 0 saturated carbocycles. The Balaban J connectivity index is 1.83. The van der Waals surface area contributed by atoms with E-state index in [0.29, 0.717) is 23.7 Å². The van der Waals surface area contributed by atoms with E-state index in [2.05, 4.69) is 25.5 Å². The molecule has 0 atom stereocenters. The van der Waals surface area contributed by atoms with Crippen LogP contribution in [0, 0.1) is 6.92 Å². The first-order chi connectivity index (χ1) is 11.1. The summed E-state index contributed by atoms with van der Waals surface area (Å²) in [4.78, 5) is 33.0. The van der Waals surface area contributed by atoms with Crippen LogP contribution in [0.15, 0.2) is 29.3 Å². The normalized spacial score (nSPS) is 10.9. The molecule has 0 unspecified atom stereocenters. The number of fused-ring (bicyclic) bond motifs is 1. The molecule has 8 nitrogen and oxygen atoms in total. The molecule has 23 heavy (non-hydrogen) atoms. The molecule has 0 aliphatic rings. The molecule has 3 aromatic rings. The number of pyridine rings is 1. The summed E-state index contributed by atoms with van der Waals surface area (Å²) in [7, 11) is 0. The lowest BCUT2D eigenvalue weighted by atomic mass is 10.2. The van der Waals surface area contributed by atoms with Crippen molar-refractivity contribution in [3.8, 4) is 0 Å². The van der Waals surface area contributed by atoms with Crippen molar-refractivity contribution >= 4 is 11.6 Å². The van der Waals surface area contributed by atoms with E-state index in [1.54, 1.807) is 12.3 Å². The van der Waals surface area contributed by atoms with Crippen molar-refractivity contribution in [2.24, 2.45) is 0 Å². The first-order valence-electron chi connectivity index (χ1n) is 7.25. The van der Waals surface area contributed by atoms with Gasteiger partial charge in [0, 0.05) is 18.8 Å². The maximum atomic E-state index is 12.4. The van der Waals surface area contributed by atoms with Gasteiger partial charge in [-0.25, -0.2) is 9.97 Å². The SMILES string of the molecule is CCc1n[nH]c(CNC(=O)c2cnc3c(C)cccn3c2=O)n1. The Labute approximate surface area is 131 Å². The van der Waals surface area contributed by atoms with Gasteiger partial charge in [-0.15, -0.1) is 0 Å². The highest BCUT2D eigenvalue weighted by atomic mass is 16.2. The molecule has 2 N–H and O–H groups in total. The number of carbonyl (C=O) groups is 1. The first kappa shape index (κ1) is 14.9. The van der Waals surface area contributed by atoms with Gasteiger partial charge in [-0.2, -0.15) is 5.10 Å². The highest BCUT2D eigenvalue weighted by molar-refractivity contribution is 5.93. The summed E-state index contributed by atoms with van der Waals surface area (Å²) in [5.41, 5.74) is 0.994. The highest BCUT2D eigenvalue weighted by Gasteiger charge is 2.14. The zero-order chi connectivity index (χ0) is 16.4. The second kappa shape index (κ2) is 5.99. The third-order valence-corrected chi connectivity index (χ3v) is 3.48. The molecule has 3 heterocycles. The van der Waals surface area contributed by atoms with Crippen LogP contribution in [0.1, 0.15) is 34.5 Å². The van der Waals surface area contributed by atoms with Gasteiger partial charge >= 0.3 is 0 Å². The fourth-order valence-electron chi connectivity index (χ4n) is 2.23. The summed E-state index contributed by atoms with van der Waals surface area (Å²) in [6.45, 7) is 3.97. The molecular formula is C15H16N6O2. The lowest BCUT2D eigenvalue weighted by Gasteiger charge is -2.06. The Hall–Kier alpha value is -3.03. The van der Waals surface area contributed by atoms with Crippen molar-refractivity contribution in [3.05, 3.63) is 57.7 Å². The molecule has 0 radical (unpaired) electrons. The van der Waals surface area contributed by atoms with Crippen LogP contribution in [0.2, 0.25) is 0 Å². The van der Waals surface area contributed by atoms with E-state index in [-0.39, 0.29) is 12.1 Å². The second-order valence-electron chi connectivity index (χ2n) is 5.10. The predicted octanol–water partition coefficient (Wildman–Crippen LogP) is 0.613. The summed E-state index contributed by atoms with van der Waals surface area (Å²) in [5.74, 6) is 0.727. The van der Waals surface area contributed by atoms with Gasteiger partial charge in [-0.3, -0.25) is 19.1 Å². The first-order valence-corrected chi connectivity index (χ1v) is 7.25. The molecular weight excluding hydrogens is 296 g/mol. The largest absolute Gasteiger partial charge is 0.345 e. The van der Waals surface area contributed by atoms with Crippen LogP contribution >= 0.6 is 0 Å². The van der Waals surface area contributed by atoms with E-state index in [1.165, 1.54) is 10.6 Å². The second-order valence-corrected chi connectivity index (χ2v) is 5.10. The number of carbonyl (C=O) groups excluding carboxylic acids is 1. The molecule has 8 heteroatoms. The van der Waals surface area contributed by atoms with E-state index in [0.717, 1.165) is 5.56 Å². The lowest BCUT2D eigenvalue weighted by molar-refractivity contribution is 0.0948. The Morgan fingerprint density at radius 2 is 2.26 bits per heavy atom. The zero-order valence-electron chi connectivity index (χ0n) is 12.8. The molecule has 0 fully saturated rings. The van der Waals surface area contributed by atoms with E-state index in [9.17, 15) is 9.59 Å². The topological polar surface area (TPSA) is 105 Å². The van der Waals surface area contributed by atoms with Crippen LogP contribution < -0.4 is 10.9 Å². The maximum Gasteiger partial charge on any atom is 0.270 e. The minimum absolute atomic E-state index is 0.0108. The molecule has 1 amide bonds. The Bertz CT molecular complexity index is 927.